The predicted molar refractivity (Wildman–Crippen MR) is 115 cm³/mol. The Hall–Kier alpha value is -2.49. The van der Waals surface area contributed by atoms with E-state index >= 15 is 0 Å². The van der Waals surface area contributed by atoms with Crippen LogP contribution in [0.5, 0.6) is 0 Å². The Kier molecular flexibility index (Phi) is 8.56. The normalized spacial score (nSPS) is 12.6. The molecule has 0 aromatic heterocycles. The van der Waals surface area contributed by atoms with E-state index in [4.69, 9.17) is 4.74 Å². The van der Waals surface area contributed by atoms with Crippen molar-refractivity contribution < 1.29 is 23.5 Å². The summed E-state index contributed by atoms with van der Waals surface area (Å²) >= 11 is 2.17. The van der Waals surface area contributed by atoms with E-state index in [9.17, 15) is 18.8 Å². The molecule has 0 heterocycles. The summed E-state index contributed by atoms with van der Waals surface area (Å²) in [6, 6.07) is 11.4. The molecule has 29 heavy (non-hydrogen) atoms. The van der Waals surface area contributed by atoms with Crippen LogP contribution in [0.15, 0.2) is 48.5 Å². The van der Waals surface area contributed by atoms with Gasteiger partial charge in [-0.05, 0) is 58.0 Å². The van der Waals surface area contributed by atoms with Crippen LogP contribution in [-0.4, -0.2) is 37.0 Å². The smallest absolute Gasteiger partial charge is 0.328 e. The summed E-state index contributed by atoms with van der Waals surface area (Å²) in [4.78, 5) is 36.6. The third-order valence-corrected chi connectivity index (χ3v) is 4.85. The van der Waals surface area contributed by atoms with Crippen LogP contribution in [-0.2, 0) is 32.0 Å². The van der Waals surface area contributed by atoms with Gasteiger partial charge in [0, 0.05) is 23.3 Å². The lowest BCUT2D eigenvalue weighted by atomic mass is 10.0. The van der Waals surface area contributed by atoms with Gasteiger partial charge in [-0.25, -0.2) is 9.18 Å². The van der Waals surface area contributed by atoms with Gasteiger partial charge in [0.2, 0.25) is 11.8 Å². The second-order valence-corrected chi connectivity index (χ2v) is 7.75. The van der Waals surface area contributed by atoms with Crippen molar-refractivity contribution in [1.82, 2.24) is 10.6 Å². The molecule has 0 aliphatic carbocycles. The highest BCUT2D eigenvalue weighted by Gasteiger charge is 2.27. The molecule has 0 aliphatic heterocycles. The molecule has 2 rings (SSSR count). The molecule has 154 valence electrons. The molecule has 0 unspecified atom stereocenters. The summed E-state index contributed by atoms with van der Waals surface area (Å²) in [6.07, 6.45) is 0.404. The minimum atomic E-state index is -0.916. The number of hydrogen-bond donors (Lipinski definition) is 2. The Morgan fingerprint density at radius 1 is 1.00 bits per heavy atom. The second-order valence-electron chi connectivity index (χ2n) is 6.50. The van der Waals surface area contributed by atoms with Gasteiger partial charge in [0.05, 0.1) is 7.11 Å². The summed E-state index contributed by atoms with van der Waals surface area (Å²) in [7, 11) is 1.25. The molecule has 0 radical (unpaired) electrons. The van der Waals surface area contributed by atoms with E-state index in [1.54, 1.807) is 12.1 Å². The SMILES string of the molecule is COC(=O)[C@@H](Cc1cccc(I)c1)NC(=O)[C@H](Cc1ccc(F)cc1)NC(C)=O. The summed E-state index contributed by atoms with van der Waals surface area (Å²) in [5, 5.41) is 5.25. The molecule has 0 aliphatic rings. The lowest BCUT2D eigenvalue weighted by Gasteiger charge is -2.22. The number of rotatable bonds is 8. The van der Waals surface area contributed by atoms with Crippen LogP contribution >= 0.6 is 22.6 Å². The fourth-order valence-corrected chi connectivity index (χ4v) is 3.43. The molecule has 2 atom stereocenters. The van der Waals surface area contributed by atoms with E-state index in [1.165, 1.54) is 26.2 Å². The molecular weight excluding hydrogens is 490 g/mol. The van der Waals surface area contributed by atoms with Gasteiger partial charge in [0.25, 0.3) is 0 Å². The zero-order valence-corrected chi connectivity index (χ0v) is 18.2. The van der Waals surface area contributed by atoms with E-state index in [0.717, 1.165) is 9.13 Å². The van der Waals surface area contributed by atoms with E-state index in [-0.39, 0.29) is 18.7 Å². The fraction of sp³-hybridized carbons (Fsp3) is 0.286. The van der Waals surface area contributed by atoms with Gasteiger partial charge in [0.1, 0.15) is 17.9 Å². The number of esters is 1. The fourth-order valence-electron chi connectivity index (χ4n) is 2.82. The molecule has 0 bridgehead atoms. The minimum absolute atomic E-state index is 0.156. The van der Waals surface area contributed by atoms with E-state index in [0.29, 0.717) is 5.56 Å². The molecule has 2 N–H and O–H groups in total. The zero-order chi connectivity index (χ0) is 21.4. The maximum absolute atomic E-state index is 13.1. The second kappa shape index (κ2) is 10.9. The number of nitrogens with one attached hydrogen (secondary N) is 2. The number of benzene rings is 2. The number of amides is 2. The summed E-state index contributed by atoms with van der Waals surface area (Å²) in [5.41, 5.74) is 1.54. The van der Waals surface area contributed by atoms with Gasteiger partial charge >= 0.3 is 5.97 Å². The largest absolute Gasteiger partial charge is 0.467 e. The van der Waals surface area contributed by atoms with Crippen LogP contribution < -0.4 is 10.6 Å². The Bertz CT molecular complexity index is 873. The topological polar surface area (TPSA) is 84.5 Å². The summed E-state index contributed by atoms with van der Waals surface area (Å²) in [6.45, 7) is 1.30. The highest BCUT2D eigenvalue weighted by molar-refractivity contribution is 14.1. The zero-order valence-electron chi connectivity index (χ0n) is 16.1. The van der Waals surface area contributed by atoms with Crippen molar-refractivity contribution >= 4 is 40.4 Å². The maximum atomic E-state index is 13.1. The van der Waals surface area contributed by atoms with Gasteiger partial charge < -0.3 is 15.4 Å². The first-order chi connectivity index (χ1) is 13.8. The average Bonchev–Trinajstić information content (AvgIpc) is 2.67. The number of carbonyl (C=O) groups is 3. The Morgan fingerprint density at radius 2 is 1.66 bits per heavy atom. The van der Waals surface area contributed by atoms with Crippen molar-refractivity contribution in [2.75, 3.05) is 7.11 Å². The first-order valence-corrected chi connectivity index (χ1v) is 10.0. The highest BCUT2D eigenvalue weighted by Crippen LogP contribution is 2.11. The number of carbonyl (C=O) groups excluding carboxylic acids is 3. The molecule has 6 nitrogen and oxygen atoms in total. The molecule has 8 heteroatoms. The van der Waals surface area contributed by atoms with Crippen molar-refractivity contribution in [1.29, 1.82) is 0 Å². The van der Waals surface area contributed by atoms with Gasteiger partial charge in [-0.15, -0.1) is 0 Å². The van der Waals surface area contributed by atoms with E-state index < -0.39 is 29.8 Å². The van der Waals surface area contributed by atoms with Gasteiger partial charge in [0.15, 0.2) is 0 Å². The third kappa shape index (κ3) is 7.45. The van der Waals surface area contributed by atoms with E-state index in [2.05, 4.69) is 33.2 Å². The van der Waals surface area contributed by atoms with E-state index in [1.807, 2.05) is 24.3 Å². The Balaban J connectivity index is 2.16. The Morgan fingerprint density at radius 3 is 2.24 bits per heavy atom. The predicted octanol–water partition coefficient (Wildman–Crippen LogP) is 2.38. The highest BCUT2D eigenvalue weighted by atomic mass is 127. The van der Waals surface area contributed by atoms with Crippen molar-refractivity contribution in [3.63, 3.8) is 0 Å². The molecule has 2 aromatic carbocycles. The van der Waals surface area contributed by atoms with Gasteiger partial charge in [-0.2, -0.15) is 0 Å². The molecule has 0 saturated carbocycles. The van der Waals surface area contributed by atoms with Crippen molar-refractivity contribution in [2.24, 2.45) is 0 Å². The molecule has 2 amide bonds. The summed E-state index contributed by atoms with van der Waals surface area (Å²) < 4.78 is 19.0. The molecule has 0 spiro atoms. The monoisotopic (exact) mass is 512 g/mol. The molecule has 0 saturated heterocycles. The number of ether oxygens (including phenoxy) is 1. The first-order valence-electron chi connectivity index (χ1n) is 8.92. The first kappa shape index (κ1) is 22.8. The summed E-state index contributed by atoms with van der Waals surface area (Å²) in [5.74, 6) is -1.89. The third-order valence-electron chi connectivity index (χ3n) is 4.18. The lowest BCUT2D eigenvalue weighted by Crippen LogP contribution is -2.53. The van der Waals surface area contributed by atoms with Crippen molar-refractivity contribution in [3.8, 4) is 0 Å². The minimum Gasteiger partial charge on any atom is -0.467 e. The standard InChI is InChI=1S/C21H22FIN2O4/c1-13(26)24-18(11-14-6-8-16(22)9-7-14)20(27)25-19(21(28)29-2)12-15-4-3-5-17(23)10-15/h3-10,18-19H,11-12H2,1-2H3,(H,24,26)(H,25,27)/t18-,19+/m0/s1. The van der Waals surface area contributed by atoms with Crippen molar-refractivity contribution in [3.05, 3.63) is 69.0 Å². The number of hydrogen-bond acceptors (Lipinski definition) is 4. The lowest BCUT2D eigenvalue weighted by molar-refractivity contribution is -0.145. The molecule has 0 fully saturated rings. The van der Waals surface area contributed by atoms with Crippen LogP contribution in [0.1, 0.15) is 18.1 Å². The van der Waals surface area contributed by atoms with Crippen LogP contribution in [0.2, 0.25) is 0 Å². The molecule has 2 aromatic rings. The van der Waals surface area contributed by atoms with Crippen molar-refractivity contribution in [2.45, 2.75) is 31.8 Å². The van der Waals surface area contributed by atoms with Gasteiger partial charge in [-0.1, -0.05) is 24.3 Å². The molecular formula is C21H22FIN2O4. The van der Waals surface area contributed by atoms with Gasteiger partial charge in [-0.3, -0.25) is 9.59 Å². The van der Waals surface area contributed by atoms with Crippen LogP contribution in [0.25, 0.3) is 0 Å². The van der Waals surface area contributed by atoms with Crippen LogP contribution in [0, 0.1) is 9.39 Å². The maximum Gasteiger partial charge on any atom is 0.328 e. The van der Waals surface area contributed by atoms with Crippen LogP contribution in [0.3, 0.4) is 0 Å². The van der Waals surface area contributed by atoms with Crippen LogP contribution in [0.4, 0.5) is 4.39 Å². The average molecular weight is 512 g/mol. The Labute approximate surface area is 182 Å². The quantitative estimate of drug-likeness (QED) is 0.421. The number of methoxy groups -OCH3 is 1. The number of halogens is 2.